The van der Waals surface area contributed by atoms with Gasteiger partial charge in [0.05, 0.1) is 23.4 Å². The summed E-state index contributed by atoms with van der Waals surface area (Å²) in [7, 11) is 4.96. The Balaban J connectivity index is 1.77. The normalized spacial score (nSPS) is 11.6. The molecule has 0 atom stereocenters. The summed E-state index contributed by atoms with van der Waals surface area (Å²) in [5.41, 5.74) is 3.17. The van der Waals surface area contributed by atoms with E-state index in [-0.39, 0.29) is 6.29 Å². The van der Waals surface area contributed by atoms with Gasteiger partial charge in [-0.3, -0.25) is 0 Å². The molecule has 0 saturated carbocycles. The Morgan fingerprint density at radius 1 is 0.926 bits per heavy atom. The highest BCUT2D eigenvalue weighted by Gasteiger charge is 2.07. The number of nitrogens with zero attached hydrogens (tertiary/aromatic N) is 1. The van der Waals surface area contributed by atoms with Gasteiger partial charge in [-0.2, -0.15) is 0 Å². The summed E-state index contributed by atoms with van der Waals surface area (Å²) in [6.07, 6.45) is 3.93. The molecule has 3 rings (SSSR count). The van der Waals surface area contributed by atoms with Crippen LogP contribution in [0, 0.1) is 0 Å². The molecule has 0 bridgehead atoms. The number of rotatable bonds is 8. The Morgan fingerprint density at radius 2 is 1.67 bits per heavy atom. The molecule has 5 heteroatoms. The fourth-order valence-corrected chi connectivity index (χ4v) is 3.53. The van der Waals surface area contributed by atoms with E-state index in [4.69, 9.17) is 19.2 Å². The van der Waals surface area contributed by atoms with Crippen LogP contribution in [0.2, 0.25) is 0 Å². The largest absolute Gasteiger partial charge is 0.497 e. The molecule has 0 spiro atoms. The zero-order valence-electron chi connectivity index (χ0n) is 15.7. The van der Waals surface area contributed by atoms with Crippen molar-refractivity contribution in [1.29, 1.82) is 0 Å². The van der Waals surface area contributed by atoms with Crippen molar-refractivity contribution in [3.63, 3.8) is 0 Å². The van der Waals surface area contributed by atoms with E-state index in [2.05, 4.69) is 42.5 Å². The average Bonchev–Trinajstić information content (AvgIpc) is 2.72. The first-order chi connectivity index (χ1) is 13.2. The highest BCUT2D eigenvalue weighted by Crippen LogP contribution is 2.23. The summed E-state index contributed by atoms with van der Waals surface area (Å²) >= 11 is 1.62. The SMILES string of the molecule is COc1cccc(/C=C/c2ccc3ccc(SCC(OC)OC)nc3c2)c1. The number of thioether (sulfide) groups is 1. The highest BCUT2D eigenvalue weighted by molar-refractivity contribution is 7.99. The van der Waals surface area contributed by atoms with E-state index in [9.17, 15) is 0 Å². The molecule has 1 aromatic heterocycles. The van der Waals surface area contributed by atoms with Crippen molar-refractivity contribution < 1.29 is 14.2 Å². The van der Waals surface area contributed by atoms with Crippen LogP contribution in [-0.2, 0) is 9.47 Å². The maximum absolute atomic E-state index is 5.27. The third-order valence-corrected chi connectivity index (χ3v) is 5.11. The van der Waals surface area contributed by atoms with Crippen LogP contribution < -0.4 is 4.74 Å². The number of fused-ring (bicyclic) bond motifs is 1. The number of benzene rings is 2. The molecular weight excluding hydrogens is 358 g/mol. The molecule has 0 aliphatic rings. The molecule has 3 aromatic rings. The van der Waals surface area contributed by atoms with Gasteiger partial charge in [-0.05, 0) is 35.4 Å². The predicted molar refractivity (Wildman–Crippen MR) is 112 cm³/mol. The molecule has 1 heterocycles. The summed E-state index contributed by atoms with van der Waals surface area (Å²) in [5, 5.41) is 2.07. The molecule has 2 aromatic carbocycles. The van der Waals surface area contributed by atoms with E-state index in [0.717, 1.165) is 32.8 Å². The number of hydrogen-bond acceptors (Lipinski definition) is 5. The molecular formula is C22H23NO3S. The summed E-state index contributed by atoms with van der Waals surface area (Å²) in [5.74, 6) is 1.55. The van der Waals surface area contributed by atoms with Crippen LogP contribution in [0.25, 0.3) is 23.1 Å². The highest BCUT2D eigenvalue weighted by atomic mass is 32.2. The minimum Gasteiger partial charge on any atom is -0.497 e. The van der Waals surface area contributed by atoms with Crippen LogP contribution in [0.15, 0.2) is 59.6 Å². The first-order valence-corrected chi connectivity index (χ1v) is 9.61. The van der Waals surface area contributed by atoms with Crippen molar-refractivity contribution >= 4 is 34.8 Å². The van der Waals surface area contributed by atoms with Gasteiger partial charge in [0.25, 0.3) is 0 Å². The Kier molecular flexibility index (Phi) is 6.87. The smallest absolute Gasteiger partial charge is 0.166 e. The fourth-order valence-electron chi connectivity index (χ4n) is 2.62. The first kappa shape index (κ1) is 19.4. The van der Waals surface area contributed by atoms with Crippen LogP contribution in [0.5, 0.6) is 5.75 Å². The summed E-state index contributed by atoms with van der Waals surface area (Å²) in [6.45, 7) is 0. The van der Waals surface area contributed by atoms with Gasteiger partial charge in [0.1, 0.15) is 5.75 Å². The van der Waals surface area contributed by atoms with Gasteiger partial charge in [0.2, 0.25) is 0 Å². The lowest BCUT2D eigenvalue weighted by molar-refractivity contribution is -0.0842. The Labute approximate surface area is 164 Å². The Morgan fingerprint density at radius 3 is 2.41 bits per heavy atom. The summed E-state index contributed by atoms with van der Waals surface area (Å²) in [4.78, 5) is 4.76. The van der Waals surface area contributed by atoms with Crippen LogP contribution in [0.3, 0.4) is 0 Å². The Hall–Kier alpha value is -2.34. The molecule has 140 valence electrons. The maximum Gasteiger partial charge on any atom is 0.166 e. The van der Waals surface area contributed by atoms with Gasteiger partial charge in [-0.15, -0.1) is 11.8 Å². The van der Waals surface area contributed by atoms with Crippen LogP contribution in [-0.4, -0.2) is 38.4 Å². The third-order valence-electron chi connectivity index (χ3n) is 4.15. The zero-order chi connectivity index (χ0) is 19.1. The predicted octanol–water partition coefficient (Wildman–Crippen LogP) is 5.12. The molecule has 4 nitrogen and oxygen atoms in total. The van der Waals surface area contributed by atoms with E-state index in [0.29, 0.717) is 5.75 Å². The second kappa shape index (κ2) is 9.55. The van der Waals surface area contributed by atoms with Crippen molar-refractivity contribution in [2.24, 2.45) is 0 Å². The maximum atomic E-state index is 5.27. The molecule has 0 radical (unpaired) electrons. The molecule has 0 aliphatic heterocycles. The number of aromatic nitrogens is 1. The lowest BCUT2D eigenvalue weighted by atomic mass is 10.1. The van der Waals surface area contributed by atoms with E-state index >= 15 is 0 Å². The van der Waals surface area contributed by atoms with Gasteiger partial charge in [0, 0.05) is 19.6 Å². The topological polar surface area (TPSA) is 40.6 Å². The van der Waals surface area contributed by atoms with Crippen molar-refractivity contribution in [3.8, 4) is 5.75 Å². The monoisotopic (exact) mass is 381 g/mol. The lowest BCUT2D eigenvalue weighted by Gasteiger charge is -2.12. The number of ether oxygens (including phenoxy) is 3. The third kappa shape index (κ3) is 5.32. The van der Waals surface area contributed by atoms with Crippen molar-refractivity contribution in [2.45, 2.75) is 11.3 Å². The standard InChI is InChI=1S/C22H23NO3S/c1-24-19-6-4-5-16(13-19)7-8-17-9-10-18-11-12-21(23-20(18)14-17)27-15-22(25-2)26-3/h4-14,22H,15H2,1-3H3/b8-7+. The molecule has 0 unspecified atom stereocenters. The molecule has 0 amide bonds. The van der Waals surface area contributed by atoms with Crippen molar-refractivity contribution in [1.82, 2.24) is 4.98 Å². The molecule has 0 N–H and O–H groups in total. The van der Waals surface area contributed by atoms with Gasteiger partial charge in [-0.1, -0.05) is 42.5 Å². The second-order valence-electron chi connectivity index (χ2n) is 5.92. The lowest BCUT2D eigenvalue weighted by Crippen LogP contribution is -2.15. The van der Waals surface area contributed by atoms with E-state index in [1.165, 1.54) is 0 Å². The number of hydrogen-bond donors (Lipinski definition) is 0. The van der Waals surface area contributed by atoms with Crippen LogP contribution >= 0.6 is 11.8 Å². The number of pyridine rings is 1. The quantitative estimate of drug-likeness (QED) is 0.307. The van der Waals surface area contributed by atoms with E-state index in [1.807, 2.05) is 24.3 Å². The van der Waals surface area contributed by atoms with Crippen molar-refractivity contribution in [2.75, 3.05) is 27.1 Å². The van der Waals surface area contributed by atoms with Gasteiger partial charge in [-0.25, -0.2) is 4.98 Å². The second-order valence-corrected chi connectivity index (χ2v) is 6.96. The van der Waals surface area contributed by atoms with Crippen molar-refractivity contribution in [3.05, 3.63) is 65.7 Å². The van der Waals surface area contributed by atoms with E-state index in [1.54, 1.807) is 33.1 Å². The van der Waals surface area contributed by atoms with Gasteiger partial charge >= 0.3 is 0 Å². The van der Waals surface area contributed by atoms with Gasteiger partial charge < -0.3 is 14.2 Å². The number of methoxy groups -OCH3 is 3. The van der Waals surface area contributed by atoms with Crippen LogP contribution in [0.4, 0.5) is 0 Å². The average molecular weight is 381 g/mol. The summed E-state index contributed by atoms with van der Waals surface area (Å²) < 4.78 is 15.7. The van der Waals surface area contributed by atoms with Crippen LogP contribution in [0.1, 0.15) is 11.1 Å². The van der Waals surface area contributed by atoms with Gasteiger partial charge in [0.15, 0.2) is 6.29 Å². The molecule has 0 saturated heterocycles. The Bertz CT molecular complexity index is 922. The molecule has 0 fully saturated rings. The fraction of sp³-hybridized carbons (Fsp3) is 0.227. The molecule has 27 heavy (non-hydrogen) atoms. The minimum atomic E-state index is -0.232. The van der Waals surface area contributed by atoms with E-state index < -0.39 is 0 Å². The summed E-state index contributed by atoms with van der Waals surface area (Å²) in [6, 6.07) is 18.4. The zero-order valence-corrected chi connectivity index (χ0v) is 16.5. The minimum absolute atomic E-state index is 0.232. The first-order valence-electron chi connectivity index (χ1n) is 8.63. The molecule has 0 aliphatic carbocycles.